The molecule has 33 heavy (non-hydrogen) atoms. The zero-order valence-electron chi connectivity index (χ0n) is 19.0. The summed E-state index contributed by atoms with van der Waals surface area (Å²) in [5.41, 5.74) is 1.68. The fraction of sp³-hybridized carbons (Fsp3) is 0.375. The highest BCUT2D eigenvalue weighted by Gasteiger charge is 2.61. The summed E-state index contributed by atoms with van der Waals surface area (Å²) in [6.45, 7) is 5.68. The Kier molecular flexibility index (Phi) is 5.43. The van der Waals surface area contributed by atoms with Gasteiger partial charge in [-0.25, -0.2) is 9.69 Å². The number of rotatable bonds is 4. The molecule has 0 aliphatic carbocycles. The Morgan fingerprint density at radius 3 is 2.45 bits per heavy atom. The van der Waals surface area contributed by atoms with Gasteiger partial charge in [0, 0.05) is 31.3 Å². The monoisotopic (exact) mass is 450 g/mol. The van der Waals surface area contributed by atoms with E-state index in [0.29, 0.717) is 24.1 Å². The molecule has 2 aromatic rings. The first kappa shape index (κ1) is 22.4. The number of aryl methyl sites for hydroxylation is 2. The van der Waals surface area contributed by atoms with Crippen LogP contribution in [0.3, 0.4) is 0 Å². The first-order valence-electron chi connectivity index (χ1n) is 10.9. The molecule has 0 saturated carbocycles. The van der Waals surface area contributed by atoms with Crippen molar-refractivity contribution in [3.8, 4) is 0 Å². The minimum Gasteiger partial charge on any atom is -0.370 e. The molecule has 0 aromatic heterocycles. The molecule has 2 aliphatic heterocycles. The number of hydrogen-bond acceptors (Lipinski definition) is 6. The van der Waals surface area contributed by atoms with Gasteiger partial charge in [0.05, 0.1) is 16.7 Å². The van der Waals surface area contributed by atoms with Crippen LogP contribution in [0.5, 0.6) is 0 Å². The standard InChI is InChI=1S/C24H26N4O5/c1-5-6-20-24(13-16-12-17(28(32)33)8-10-19(16)26(20)4)21(29)25-23(31)27(22(24)30)18-9-7-14(2)11-15(18)3/h7-12,20H,5-6,13H2,1-4H3,(H,25,29,31). The predicted molar refractivity (Wildman–Crippen MR) is 123 cm³/mol. The van der Waals surface area contributed by atoms with Crippen molar-refractivity contribution in [3.05, 3.63) is 63.2 Å². The van der Waals surface area contributed by atoms with Crippen LogP contribution in [0.1, 0.15) is 36.5 Å². The number of fused-ring (bicyclic) bond motifs is 1. The van der Waals surface area contributed by atoms with E-state index in [-0.39, 0.29) is 12.1 Å². The van der Waals surface area contributed by atoms with E-state index in [0.717, 1.165) is 21.7 Å². The molecule has 2 heterocycles. The number of barbiturate groups is 1. The fourth-order valence-electron chi connectivity index (χ4n) is 5.18. The van der Waals surface area contributed by atoms with Crippen LogP contribution in [-0.4, -0.2) is 35.9 Å². The normalized spacial score (nSPS) is 22.4. The summed E-state index contributed by atoms with van der Waals surface area (Å²) in [6, 6.07) is 8.55. The molecule has 0 bridgehead atoms. The van der Waals surface area contributed by atoms with Crippen molar-refractivity contribution < 1.29 is 19.3 Å². The maximum atomic E-state index is 14.1. The molecule has 4 amide bonds. The Bertz CT molecular complexity index is 1190. The Morgan fingerprint density at radius 2 is 1.82 bits per heavy atom. The van der Waals surface area contributed by atoms with Crippen molar-refractivity contribution in [2.24, 2.45) is 5.41 Å². The second-order valence-electron chi connectivity index (χ2n) is 8.82. The van der Waals surface area contributed by atoms with Crippen LogP contribution in [0.25, 0.3) is 0 Å². The van der Waals surface area contributed by atoms with Gasteiger partial charge in [-0.3, -0.25) is 25.0 Å². The predicted octanol–water partition coefficient (Wildman–Crippen LogP) is 3.64. The number of carbonyl (C=O) groups excluding carboxylic acids is 3. The Hall–Kier alpha value is -3.75. The minimum absolute atomic E-state index is 0.0294. The molecule has 2 aromatic carbocycles. The highest BCUT2D eigenvalue weighted by atomic mass is 16.6. The van der Waals surface area contributed by atoms with E-state index < -0.39 is 34.2 Å². The van der Waals surface area contributed by atoms with E-state index >= 15 is 0 Å². The largest absolute Gasteiger partial charge is 0.370 e. The lowest BCUT2D eigenvalue weighted by atomic mass is 9.67. The van der Waals surface area contributed by atoms with Crippen molar-refractivity contribution in [1.29, 1.82) is 0 Å². The topological polar surface area (TPSA) is 113 Å². The van der Waals surface area contributed by atoms with Crippen molar-refractivity contribution in [1.82, 2.24) is 5.32 Å². The van der Waals surface area contributed by atoms with Crippen LogP contribution in [-0.2, 0) is 16.0 Å². The van der Waals surface area contributed by atoms with E-state index in [1.807, 2.05) is 24.8 Å². The van der Waals surface area contributed by atoms with E-state index in [9.17, 15) is 24.5 Å². The number of amides is 4. The van der Waals surface area contributed by atoms with Crippen molar-refractivity contribution in [2.45, 2.75) is 46.1 Å². The summed E-state index contributed by atoms with van der Waals surface area (Å²) >= 11 is 0. The lowest BCUT2D eigenvalue weighted by Crippen LogP contribution is -2.72. The van der Waals surface area contributed by atoms with Gasteiger partial charge in [0.25, 0.3) is 11.6 Å². The third-order valence-corrected chi connectivity index (χ3v) is 6.73. The molecule has 9 heteroatoms. The molecule has 172 valence electrons. The van der Waals surface area contributed by atoms with Gasteiger partial charge in [0.2, 0.25) is 5.91 Å². The summed E-state index contributed by atoms with van der Waals surface area (Å²) in [4.78, 5) is 54.2. The first-order chi connectivity index (χ1) is 15.6. The van der Waals surface area contributed by atoms with Crippen LogP contribution >= 0.6 is 0 Å². The van der Waals surface area contributed by atoms with Gasteiger partial charge in [-0.05, 0) is 43.5 Å². The number of carbonyl (C=O) groups is 3. The van der Waals surface area contributed by atoms with E-state index in [1.165, 1.54) is 12.1 Å². The number of imide groups is 2. The zero-order chi connectivity index (χ0) is 24.1. The molecule has 2 unspecified atom stereocenters. The third kappa shape index (κ3) is 3.35. The number of nitrogens with zero attached hydrogens (tertiary/aromatic N) is 3. The maximum Gasteiger partial charge on any atom is 0.335 e. The van der Waals surface area contributed by atoms with Crippen LogP contribution in [0.2, 0.25) is 0 Å². The van der Waals surface area contributed by atoms with Crippen molar-refractivity contribution in [3.63, 3.8) is 0 Å². The number of non-ortho nitro benzene ring substituents is 1. The molecule has 2 aliphatic rings. The Morgan fingerprint density at radius 1 is 1.12 bits per heavy atom. The summed E-state index contributed by atoms with van der Waals surface area (Å²) in [6.07, 6.45) is 1.20. The number of nitro groups is 1. The number of hydrogen-bond donors (Lipinski definition) is 1. The molecule has 1 N–H and O–H groups in total. The van der Waals surface area contributed by atoms with Gasteiger partial charge in [-0.2, -0.15) is 0 Å². The number of benzene rings is 2. The van der Waals surface area contributed by atoms with Gasteiger partial charge in [0.1, 0.15) is 0 Å². The first-order valence-corrected chi connectivity index (χ1v) is 10.9. The van der Waals surface area contributed by atoms with Crippen LogP contribution in [0.4, 0.5) is 21.9 Å². The minimum atomic E-state index is -1.60. The Labute approximate surface area is 191 Å². The molecule has 1 saturated heterocycles. The highest BCUT2D eigenvalue weighted by Crippen LogP contribution is 2.47. The van der Waals surface area contributed by atoms with Crippen LogP contribution in [0.15, 0.2) is 36.4 Å². The molecular formula is C24H26N4O5. The molecule has 1 fully saturated rings. The van der Waals surface area contributed by atoms with Gasteiger partial charge >= 0.3 is 6.03 Å². The van der Waals surface area contributed by atoms with E-state index in [2.05, 4.69) is 5.32 Å². The third-order valence-electron chi connectivity index (χ3n) is 6.73. The fourth-order valence-corrected chi connectivity index (χ4v) is 5.18. The van der Waals surface area contributed by atoms with Crippen molar-refractivity contribution >= 4 is 34.9 Å². The van der Waals surface area contributed by atoms with E-state index in [1.54, 1.807) is 32.2 Å². The van der Waals surface area contributed by atoms with E-state index in [4.69, 9.17) is 0 Å². The molecule has 2 atom stereocenters. The van der Waals surface area contributed by atoms with Gasteiger partial charge in [0.15, 0.2) is 5.41 Å². The molecule has 1 spiro atoms. The summed E-state index contributed by atoms with van der Waals surface area (Å²) in [5, 5.41) is 13.8. The van der Waals surface area contributed by atoms with Gasteiger partial charge in [-0.15, -0.1) is 0 Å². The lowest BCUT2D eigenvalue weighted by Gasteiger charge is -2.51. The molecule has 4 rings (SSSR count). The second kappa shape index (κ2) is 7.99. The molecular weight excluding hydrogens is 424 g/mol. The zero-order valence-corrected chi connectivity index (χ0v) is 19.0. The summed E-state index contributed by atoms with van der Waals surface area (Å²) in [7, 11) is 1.78. The van der Waals surface area contributed by atoms with Crippen molar-refractivity contribution in [2.75, 3.05) is 16.8 Å². The average Bonchev–Trinajstić information content (AvgIpc) is 2.75. The van der Waals surface area contributed by atoms with Gasteiger partial charge < -0.3 is 4.90 Å². The average molecular weight is 450 g/mol. The second-order valence-corrected chi connectivity index (χ2v) is 8.82. The van der Waals surface area contributed by atoms with Crippen LogP contribution < -0.4 is 15.1 Å². The summed E-state index contributed by atoms with van der Waals surface area (Å²) in [5.74, 6) is -1.27. The highest BCUT2D eigenvalue weighted by molar-refractivity contribution is 6.31. The quantitative estimate of drug-likeness (QED) is 0.432. The van der Waals surface area contributed by atoms with Crippen LogP contribution in [0, 0.1) is 29.4 Å². The Balaban J connectivity index is 1.90. The molecule has 9 nitrogen and oxygen atoms in total. The lowest BCUT2D eigenvalue weighted by molar-refractivity contribution is -0.384. The molecule has 0 radical (unpaired) electrons. The number of urea groups is 1. The number of anilines is 2. The number of nitrogens with one attached hydrogen (secondary N) is 1. The SMILES string of the molecule is CCCC1N(C)c2ccc([N+](=O)[O-])cc2CC12C(=O)NC(=O)N(c1ccc(C)cc1C)C2=O. The summed E-state index contributed by atoms with van der Waals surface area (Å²) < 4.78 is 0. The number of nitro benzene ring substituents is 1. The van der Waals surface area contributed by atoms with Gasteiger partial charge in [-0.1, -0.05) is 31.0 Å². The maximum absolute atomic E-state index is 14.1. The smallest absolute Gasteiger partial charge is 0.335 e.